The van der Waals surface area contributed by atoms with E-state index < -0.39 is 6.04 Å². The number of carbonyl (C=O) groups is 1. The third-order valence-corrected chi connectivity index (χ3v) is 4.72. The summed E-state index contributed by atoms with van der Waals surface area (Å²) in [5, 5.41) is 11.9. The zero-order valence-electron chi connectivity index (χ0n) is 12.8. The molecule has 0 bridgehead atoms. The Morgan fingerprint density at radius 1 is 1.50 bits per heavy atom. The molecule has 1 aliphatic heterocycles. The van der Waals surface area contributed by atoms with Gasteiger partial charge in [0.15, 0.2) is 5.82 Å². The molecule has 1 aliphatic rings. The molecule has 1 amide bonds. The molecule has 0 aliphatic carbocycles. The van der Waals surface area contributed by atoms with Gasteiger partial charge in [-0.05, 0) is 11.4 Å². The molecular formula is C15H16N6O2S. The summed E-state index contributed by atoms with van der Waals surface area (Å²) in [5.74, 6) is 0.868. The van der Waals surface area contributed by atoms with Gasteiger partial charge in [0.05, 0.1) is 25.0 Å². The van der Waals surface area contributed by atoms with E-state index in [1.807, 2.05) is 17.5 Å². The number of imidazole rings is 1. The first kappa shape index (κ1) is 15.0. The number of rotatable bonds is 5. The number of thiophene rings is 1. The fourth-order valence-corrected chi connectivity index (χ4v) is 3.40. The van der Waals surface area contributed by atoms with E-state index in [9.17, 15) is 4.79 Å². The summed E-state index contributed by atoms with van der Waals surface area (Å²) in [4.78, 5) is 25.2. The summed E-state index contributed by atoms with van der Waals surface area (Å²) in [5.41, 5.74) is 1.76. The number of amides is 1. The monoisotopic (exact) mass is 344 g/mol. The molecule has 3 aromatic rings. The Bertz CT molecular complexity index is 825. The van der Waals surface area contributed by atoms with E-state index in [2.05, 4.69) is 30.7 Å². The van der Waals surface area contributed by atoms with E-state index in [4.69, 9.17) is 4.52 Å². The van der Waals surface area contributed by atoms with Gasteiger partial charge in [-0.15, -0.1) is 11.3 Å². The van der Waals surface area contributed by atoms with Gasteiger partial charge in [0, 0.05) is 23.5 Å². The van der Waals surface area contributed by atoms with E-state index in [0.29, 0.717) is 18.1 Å². The summed E-state index contributed by atoms with van der Waals surface area (Å²) >= 11 is 1.64. The average Bonchev–Trinajstić information content (AvgIpc) is 3.34. The summed E-state index contributed by atoms with van der Waals surface area (Å²) in [7, 11) is 0. The molecule has 8 nitrogen and oxygen atoms in total. The second kappa shape index (κ2) is 6.54. The molecule has 4 heterocycles. The van der Waals surface area contributed by atoms with E-state index in [-0.39, 0.29) is 12.5 Å². The lowest BCUT2D eigenvalue weighted by molar-refractivity contribution is -0.123. The standard InChI is InChI=1S/C15H16N6O2S/c22-15(14-13-10(3-4-16-14)18-8-19-13)17-7-11-20-12(23-21-11)6-9-2-1-5-24-9/h1-2,5,8,14,16H,3-4,6-7H2,(H,17,22)(H,18,19). The normalized spacial score (nSPS) is 16.8. The lowest BCUT2D eigenvalue weighted by Gasteiger charge is -2.21. The van der Waals surface area contributed by atoms with Crippen molar-refractivity contribution in [3.63, 3.8) is 0 Å². The summed E-state index contributed by atoms with van der Waals surface area (Å²) in [6.07, 6.45) is 3.07. The number of nitrogens with one attached hydrogen (secondary N) is 3. The predicted octanol–water partition coefficient (Wildman–Crippen LogP) is 0.948. The van der Waals surface area contributed by atoms with Crippen LogP contribution in [0, 0.1) is 0 Å². The molecule has 9 heteroatoms. The molecule has 1 unspecified atom stereocenters. The molecule has 0 aromatic carbocycles. The van der Waals surface area contributed by atoms with Crippen molar-refractivity contribution >= 4 is 17.2 Å². The van der Waals surface area contributed by atoms with Crippen molar-refractivity contribution in [1.29, 1.82) is 0 Å². The lowest BCUT2D eigenvalue weighted by Crippen LogP contribution is -2.41. The molecule has 3 N–H and O–H groups in total. The van der Waals surface area contributed by atoms with Crippen LogP contribution in [0.25, 0.3) is 0 Å². The third kappa shape index (κ3) is 3.08. The first-order valence-corrected chi connectivity index (χ1v) is 8.54. The van der Waals surface area contributed by atoms with Gasteiger partial charge in [-0.2, -0.15) is 4.98 Å². The van der Waals surface area contributed by atoms with Gasteiger partial charge < -0.3 is 20.1 Å². The van der Waals surface area contributed by atoms with Crippen LogP contribution in [0.3, 0.4) is 0 Å². The molecular weight excluding hydrogens is 328 g/mol. The number of hydrogen-bond donors (Lipinski definition) is 3. The molecule has 0 saturated carbocycles. The Balaban J connectivity index is 1.36. The van der Waals surface area contributed by atoms with Crippen molar-refractivity contribution in [1.82, 2.24) is 30.7 Å². The smallest absolute Gasteiger partial charge is 0.243 e. The largest absolute Gasteiger partial charge is 0.348 e. The first-order valence-electron chi connectivity index (χ1n) is 7.66. The fraction of sp³-hybridized carbons (Fsp3) is 0.333. The summed E-state index contributed by atoms with van der Waals surface area (Å²) in [6.45, 7) is 0.963. The SMILES string of the molecule is O=C(NCc1noc(Cc2cccs2)n1)C1NCCc2[nH]cnc21. The molecule has 124 valence electrons. The number of hydrogen-bond acceptors (Lipinski definition) is 7. The number of nitrogens with zero attached hydrogens (tertiary/aromatic N) is 3. The second-order valence-corrected chi connectivity index (χ2v) is 6.51. The minimum atomic E-state index is -0.447. The molecule has 0 radical (unpaired) electrons. The minimum absolute atomic E-state index is 0.146. The Kier molecular flexibility index (Phi) is 4.09. The predicted molar refractivity (Wildman–Crippen MR) is 86.3 cm³/mol. The van der Waals surface area contributed by atoms with Crippen LogP contribution >= 0.6 is 11.3 Å². The molecule has 3 aromatic heterocycles. The maximum absolute atomic E-state index is 12.4. The Morgan fingerprint density at radius 3 is 3.33 bits per heavy atom. The zero-order chi connectivity index (χ0) is 16.4. The van der Waals surface area contributed by atoms with Crippen molar-refractivity contribution in [3.05, 3.63) is 51.8 Å². The van der Waals surface area contributed by atoms with Gasteiger partial charge in [-0.25, -0.2) is 4.98 Å². The van der Waals surface area contributed by atoms with Crippen LogP contribution in [0.4, 0.5) is 0 Å². The molecule has 0 spiro atoms. The Morgan fingerprint density at radius 2 is 2.46 bits per heavy atom. The summed E-state index contributed by atoms with van der Waals surface area (Å²) < 4.78 is 5.22. The van der Waals surface area contributed by atoms with Crippen LogP contribution in [0.2, 0.25) is 0 Å². The highest BCUT2D eigenvalue weighted by Gasteiger charge is 2.28. The summed E-state index contributed by atoms with van der Waals surface area (Å²) in [6, 6.07) is 3.56. The number of carbonyl (C=O) groups excluding carboxylic acids is 1. The van der Waals surface area contributed by atoms with Crippen LogP contribution in [-0.4, -0.2) is 32.6 Å². The quantitative estimate of drug-likeness (QED) is 0.636. The third-order valence-electron chi connectivity index (χ3n) is 3.85. The van der Waals surface area contributed by atoms with E-state index in [1.165, 1.54) is 0 Å². The van der Waals surface area contributed by atoms with Crippen molar-refractivity contribution in [2.24, 2.45) is 0 Å². The second-order valence-electron chi connectivity index (χ2n) is 5.48. The van der Waals surface area contributed by atoms with Crippen molar-refractivity contribution in [2.75, 3.05) is 6.54 Å². The number of aromatic amines is 1. The number of fused-ring (bicyclic) bond motifs is 1. The van der Waals surface area contributed by atoms with Gasteiger partial charge in [0.1, 0.15) is 6.04 Å². The molecule has 1 atom stereocenters. The van der Waals surface area contributed by atoms with Gasteiger partial charge in [-0.3, -0.25) is 4.79 Å². The average molecular weight is 344 g/mol. The highest BCUT2D eigenvalue weighted by Crippen LogP contribution is 2.19. The Labute approximate surface area is 141 Å². The fourth-order valence-electron chi connectivity index (χ4n) is 2.70. The lowest BCUT2D eigenvalue weighted by atomic mass is 10.1. The van der Waals surface area contributed by atoms with Crippen LogP contribution in [0.1, 0.15) is 34.0 Å². The van der Waals surface area contributed by atoms with Crippen LogP contribution < -0.4 is 10.6 Å². The zero-order valence-corrected chi connectivity index (χ0v) is 13.6. The molecule has 0 saturated heterocycles. The van der Waals surface area contributed by atoms with Crippen LogP contribution in [0.15, 0.2) is 28.4 Å². The van der Waals surface area contributed by atoms with Gasteiger partial charge in [0.25, 0.3) is 0 Å². The van der Waals surface area contributed by atoms with Crippen molar-refractivity contribution < 1.29 is 9.32 Å². The van der Waals surface area contributed by atoms with Crippen LogP contribution in [0.5, 0.6) is 0 Å². The van der Waals surface area contributed by atoms with Gasteiger partial charge in [-0.1, -0.05) is 11.2 Å². The van der Waals surface area contributed by atoms with Crippen LogP contribution in [-0.2, 0) is 24.2 Å². The molecule has 24 heavy (non-hydrogen) atoms. The van der Waals surface area contributed by atoms with E-state index >= 15 is 0 Å². The Hall–Kier alpha value is -2.52. The van der Waals surface area contributed by atoms with E-state index in [0.717, 1.165) is 29.2 Å². The number of aromatic nitrogens is 4. The highest BCUT2D eigenvalue weighted by atomic mass is 32.1. The highest BCUT2D eigenvalue weighted by molar-refractivity contribution is 7.09. The maximum Gasteiger partial charge on any atom is 0.243 e. The minimum Gasteiger partial charge on any atom is -0.348 e. The van der Waals surface area contributed by atoms with Crippen molar-refractivity contribution in [3.8, 4) is 0 Å². The van der Waals surface area contributed by atoms with E-state index in [1.54, 1.807) is 17.7 Å². The maximum atomic E-state index is 12.4. The van der Waals surface area contributed by atoms with Crippen molar-refractivity contribution in [2.45, 2.75) is 25.4 Å². The molecule has 4 rings (SSSR count). The molecule has 0 fully saturated rings. The number of H-pyrrole nitrogens is 1. The van der Waals surface area contributed by atoms with Gasteiger partial charge in [0.2, 0.25) is 11.8 Å². The first-order chi connectivity index (χ1) is 11.8. The topological polar surface area (TPSA) is 109 Å². The van der Waals surface area contributed by atoms with Gasteiger partial charge >= 0.3 is 0 Å².